The number of fused-ring (bicyclic) bond motifs is 1. The number of aryl methyl sites for hydroxylation is 1. The average Bonchev–Trinajstić information content (AvgIpc) is 2.75. The molecule has 0 bridgehead atoms. The highest BCUT2D eigenvalue weighted by Crippen LogP contribution is 2.57. The summed E-state index contributed by atoms with van der Waals surface area (Å²) in [6.07, 6.45) is 3.95. The predicted octanol–water partition coefficient (Wildman–Crippen LogP) is 1.83. The number of hydrogen-bond donors (Lipinski definition) is 2. The van der Waals surface area contributed by atoms with Crippen molar-refractivity contribution in [1.29, 1.82) is 0 Å². The molecule has 0 aromatic carbocycles. The largest absolute Gasteiger partial charge is 0.344 e. The van der Waals surface area contributed by atoms with Gasteiger partial charge in [0.25, 0.3) is 0 Å². The molecule has 2 heterocycles. The summed E-state index contributed by atoms with van der Waals surface area (Å²) in [4.78, 5) is 22.3. The van der Waals surface area contributed by atoms with Crippen molar-refractivity contribution >= 4 is 25.0 Å². The Morgan fingerprint density at radius 3 is 2.83 bits per heavy atom. The van der Waals surface area contributed by atoms with E-state index in [1.54, 1.807) is 24.6 Å². The molecule has 0 aliphatic heterocycles. The third-order valence-corrected chi connectivity index (χ3v) is 5.60. The summed E-state index contributed by atoms with van der Waals surface area (Å²) in [5.41, 5.74) is 1.89. The van der Waals surface area contributed by atoms with Crippen LogP contribution >= 0.6 is 19.4 Å². The Morgan fingerprint density at radius 2 is 2.28 bits per heavy atom. The van der Waals surface area contributed by atoms with Crippen LogP contribution in [-0.2, 0) is 11.0 Å². The lowest BCUT2D eigenvalue weighted by molar-refractivity contribution is 0.369. The summed E-state index contributed by atoms with van der Waals surface area (Å²) in [7, 11) is -4.23. The molecule has 1 unspecified atom stereocenters. The molecule has 6 nitrogen and oxygen atoms in total. The van der Waals surface area contributed by atoms with Gasteiger partial charge in [-0.3, -0.25) is 4.57 Å². The van der Waals surface area contributed by atoms with Crippen molar-refractivity contribution in [3.63, 3.8) is 0 Å². The molecule has 0 amide bonds. The number of aromatic nitrogens is 3. The van der Waals surface area contributed by atoms with E-state index in [0.717, 1.165) is 17.5 Å². The van der Waals surface area contributed by atoms with Gasteiger partial charge in [0, 0.05) is 11.8 Å². The molecule has 1 atom stereocenters. The maximum atomic E-state index is 11.5. The van der Waals surface area contributed by atoms with E-state index < -0.39 is 12.6 Å². The number of rotatable bonds is 4. The molecule has 2 aromatic heterocycles. The lowest BCUT2D eigenvalue weighted by atomic mass is 10.3. The summed E-state index contributed by atoms with van der Waals surface area (Å²) in [5.74, 6) is 0. The van der Waals surface area contributed by atoms with Gasteiger partial charge in [-0.15, -0.1) is 11.8 Å². The first kappa shape index (κ1) is 13.5. The molecule has 2 N–H and O–H groups in total. The first-order valence-electron chi connectivity index (χ1n) is 5.39. The predicted molar refractivity (Wildman–Crippen MR) is 70.7 cm³/mol. The molecule has 0 fully saturated rings. The van der Waals surface area contributed by atoms with Crippen molar-refractivity contribution in [2.75, 3.05) is 6.26 Å². The third-order valence-electron chi connectivity index (χ3n) is 2.58. The zero-order chi connectivity index (χ0) is 13.3. The molecule has 0 aliphatic rings. The van der Waals surface area contributed by atoms with Crippen LogP contribution in [-0.4, -0.2) is 30.6 Å². The average molecular weight is 287 g/mol. The Labute approximate surface area is 109 Å². The maximum Gasteiger partial charge on any atom is 0.344 e. The minimum absolute atomic E-state index is 0.489. The molecule has 2 rings (SSSR count). The van der Waals surface area contributed by atoms with Crippen LogP contribution in [0.15, 0.2) is 18.3 Å². The van der Waals surface area contributed by atoms with Crippen molar-refractivity contribution in [3.8, 4) is 0 Å². The van der Waals surface area contributed by atoms with Gasteiger partial charge in [0.2, 0.25) is 0 Å². The number of thioether (sulfide) groups is 1. The van der Waals surface area contributed by atoms with E-state index in [2.05, 4.69) is 10.1 Å². The molecular formula is C10H14N3O3PS. The van der Waals surface area contributed by atoms with Crippen molar-refractivity contribution in [1.82, 2.24) is 14.6 Å². The Kier molecular flexibility index (Phi) is 3.77. The SMILES string of the molecule is CCc1cc(C(SC)P(=O)(O)O)n2nccc2n1. The van der Waals surface area contributed by atoms with Crippen LogP contribution in [0, 0.1) is 0 Å². The highest BCUT2D eigenvalue weighted by atomic mass is 32.2. The second-order valence-corrected chi connectivity index (χ2v) is 6.79. The van der Waals surface area contributed by atoms with Crippen LogP contribution in [0.2, 0.25) is 0 Å². The van der Waals surface area contributed by atoms with E-state index in [1.165, 1.54) is 4.52 Å². The summed E-state index contributed by atoms with van der Waals surface area (Å²) < 4.78 is 13.0. The van der Waals surface area contributed by atoms with Gasteiger partial charge in [0.05, 0.1) is 11.9 Å². The second kappa shape index (κ2) is 5.01. The normalized spacial score (nSPS) is 14.0. The Hall–Kier alpha value is -0.880. The summed E-state index contributed by atoms with van der Waals surface area (Å²) in [5, 5.41) is 4.07. The van der Waals surface area contributed by atoms with Gasteiger partial charge in [0.15, 0.2) is 5.65 Å². The Morgan fingerprint density at radius 1 is 1.56 bits per heavy atom. The van der Waals surface area contributed by atoms with Gasteiger partial charge in [-0.05, 0) is 18.7 Å². The van der Waals surface area contributed by atoms with Crippen molar-refractivity contribution in [3.05, 3.63) is 29.7 Å². The number of nitrogens with zero attached hydrogens (tertiary/aromatic N) is 3. The van der Waals surface area contributed by atoms with Crippen molar-refractivity contribution < 1.29 is 14.4 Å². The van der Waals surface area contributed by atoms with Crippen LogP contribution in [0.1, 0.15) is 23.3 Å². The van der Waals surface area contributed by atoms with E-state index in [4.69, 9.17) is 0 Å². The van der Waals surface area contributed by atoms with Gasteiger partial charge in [-0.1, -0.05) is 6.92 Å². The molecule has 0 saturated carbocycles. The van der Waals surface area contributed by atoms with Crippen LogP contribution in [0.3, 0.4) is 0 Å². The second-order valence-electron chi connectivity index (χ2n) is 3.80. The summed E-state index contributed by atoms with van der Waals surface area (Å²) in [6.45, 7) is 1.95. The summed E-state index contributed by atoms with van der Waals surface area (Å²) >= 11 is 1.12. The smallest absolute Gasteiger partial charge is 0.323 e. The fourth-order valence-corrected chi connectivity index (χ4v) is 3.82. The van der Waals surface area contributed by atoms with Gasteiger partial charge < -0.3 is 9.79 Å². The van der Waals surface area contributed by atoms with Gasteiger partial charge >= 0.3 is 7.60 Å². The van der Waals surface area contributed by atoms with Gasteiger partial charge in [0.1, 0.15) is 4.99 Å². The lowest BCUT2D eigenvalue weighted by Crippen LogP contribution is -2.07. The minimum atomic E-state index is -4.23. The van der Waals surface area contributed by atoms with Crippen molar-refractivity contribution in [2.24, 2.45) is 0 Å². The fourth-order valence-electron chi connectivity index (χ4n) is 1.78. The fraction of sp³-hybridized carbons (Fsp3) is 0.400. The summed E-state index contributed by atoms with van der Waals surface area (Å²) in [6, 6.07) is 3.43. The van der Waals surface area contributed by atoms with E-state index in [0.29, 0.717) is 17.8 Å². The molecule has 98 valence electrons. The van der Waals surface area contributed by atoms with Crippen molar-refractivity contribution in [2.45, 2.75) is 18.3 Å². The first-order valence-corrected chi connectivity index (χ1v) is 8.36. The number of hydrogen-bond acceptors (Lipinski definition) is 4. The minimum Gasteiger partial charge on any atom is -0.323 e. The molecule has 8 heteroatoms. The molecule has 0 aliphatic carbocycles. The lowest BCUT2D eigenvalue weighted by Gasteiger charge is -2.17. The molecule has 18 heavy (non-hydrogen) atoms. The standard InChI is InChI=1S/C10H14N3O3PS/c1-3-7-6-8(10(18-2)17(14,15)16)13-9(12-7)4-5-11-13/h4-6,10H,3H2,1-2H3,(H2,14,15,16). The van der Waals surface area contributed by atoms with Gasteiger partial charge in [-0.25, -0.2) is 9.50 Å². The molecule has 0 radical (unpaired) electrons. The van der Waals surface area contributed by atoms with Crippen LogP contribution in [0.25, 0.3) is 5.65 Å². The van der Waals surface area contributed by atoms with E-state index >= 15 is 0 Å². The molecule has 2 aromatic rings. The quantitative estimate of drug-likeness (QED) is 0.834. The van der Waals surface area contributed by atoms with E-state index in [1.807, 2.05) is 6.92 Å². The van der Waals surface area contributed by atoms with Crippen LogP contribution in [0.5, 0.6) is 0 Å². The van der Waals surface area contributed by atoms with Crippen LogP contribution < -0.4 is 0 Å². The Bertz CT molecular complexity index is 609. The molecule has 0 saturated heterocycles. The highest BCUT2D eigenvalue weighted by Gasteiger charge is 2.32. The third kappa shape index (κ3) is 2.44. The zero-order valence-corrected chi connectivity index (χ0v) is 11.7. The Balaban J connectivity index is 2.67. The zero-order valence-electron chi connectivity index (χ0n) is 10.0. The topological polar surface area (TPSA) is 87.7 Å². The van der Waals surface area contributed by atoms with E-state index in [-0.39, 0.29) is 0 Å². The van der Waals surface area contributed by atoms with E-state index in [9.17, 15) is 14.4 Å². The highest BCUT2D eigenvalue weighted by molar-refractivity contribution is 8.04. The first-order chi connectivity index (χ1) is 8.47. The van der Waals surface area contributed by atoms with Crippen LogP contribution in [0.4, 0.5) is 0 Å². The monoisotopic (exact) mass is 287 g/mol. The molecule has 0 spiro atoms. The van der Waals surface area contributed by atoms with Gasteiger partial charge in [-0.2, -0.15) is 5.10 Å². The molecular weight excluding hydrogens is 273 g/mol. The maximum absolute atomic E-state index is 11.5.